The first-order valence-corrected chi connectivity index (χ1v) is 12.2. The first-order valence-electron chi connectivity index (χ1n) is 10.7. The van der Waals surface area contributed by atoms with Gasteiger partial charge in [0, 0.05) is 39.0 Å². The summed E-state index contributed by atoms with van der Waals surface area (Å²) in [4.78, 5) is 14.3. The minimum Gasteiger partial charge on any atom is -0.491 e. The van der Waals surface area contributed by atoms with Gasteiger partial charge in [0.1, 0.15) is 23.1 Å². The van der Waals surface area contributed by atoms with E-state index >= 15 is 0 Å². The Morgan fingerprint density at radius 2 is 1.94 bits per heavy atom. The van der Waals surface area contributed by atoms with E-state index in [4.69, 9.17) is 9.47 Å². The molecule has 180 valence electrons. The van der Waals surface area contributed by atoms with Gasteiger partial charge < -0.3 is 19.7 Å². The quantitative estimate of drug-likeness (QED) is 0.700. The molecule has 33 heavy (non-hydrogen) atoms. The number of rotatable bonds is 4. The second-order valence-electron chi connectivity index (χ2n) is 8.30. The second kappa shape index (κ2) is 10.5. The fraction of sp³-hybridized carbons (Fsp3) is 0.435. The summed E-state index contributed by atoms with van der Waals surface area (Å²) in [5.41, 5.74) is 0.318. The van der Waals surface area contributed by atoms with Crippen LogP contribution in [0.2, 0.25) is 0 Å². The van der Waals surface area contributed by atoms with E-state index in [2.05, 4.69) is 10.0 Å². The van der Waals surface area contributed by atoms with Crippen molar-refractivity contribution in [1.82, 2.24) is 10.2 Å². The molecule has 0 bridgehead atoms. The lowest BCUT2D eigenvalue weighted by Gasteiger charge is -2.30. The van der Waals surface area contributed by atoms with Crippen molar-refractivity contribution in [2.45, 2.75) is 30.9 Å². The van der Waals surface area contributed by atoms with E-state index in [1.165, 1.54) is 41.3 Å². The molecule has 1 amide bonds. The van der Waals surface area contributed by atoms with Crippen molar-refractivity contribution in [2.75, 3.05) is 38.6 Å². The lowest BCUT2D eigenvalue weighted by atomic mass is 10.0. The number of sulfonamides is 1. The topological polar surface area (TPSA) is 97.0 Å². The van der Waals surface area contributed by atoms with E-state index in [1.54, 1.807) is 14.2 Å². The molecule has 2 N–H and O–H groups in total. The van der Waals surface area contributed by atoms with Gasteiger partial charge in [-0.2, -0.15) is 0 Å². The monoisotopic (exact) mass is 479 g/mol. The molecule has 0 unspecified atom stereocenters. The largest absolute Gasteiger partial charge is 0.491 e. The third-order valence-electron chi connectivity index (χ3n) is 5.60. The smallest absolute Gasteiger partial charge is 0.264 e. The van der Waals surface area contributed by atoms with Crippen LogP contribution in [-0.4, -0.2) is 65.2 Å². The van der Waals surface area contributed by atoms with Gasteiger partial charge in [0.05, 0.1) is 11.7 Å². The van der Waals surface area contributed by atoms with Crippen LogP contribution < -0.4 is 14.8 Å². The van der Waals surface area contributed by atoms with E-state index in [0.717, 1.165) is 6.07 Å². The molecule has 0 saturated carbocycles. The van der Waals surface area contributed by atoms with E-state index in [9.17, 15) is 17.6 Å². The van der Waals surface area contributed by atoms with Crippen molar-refractivity contribution in [3.8, 4) is 5.75 Å². The number of methoxy groups -OCH3 is 1. The zero-order chi connectivity index (χ0) is 24.2. The van der Waals surface area contributed by atoms with Gasteiger partial charge >= 0.3 is 0 Å². The number of ether oxygens (including phenoxy) is 2. The van der Waals surface area contributed by atoms with Crippen LogP contribution in [0.5, 0.6) is 5.75 Å². The van der Waals surface area contributed by atoms with Crippen molar-refractivity contribution in [3.63, 3.8) is 0 Å². The lowest BCUT2D eigenvalue weighted by Crippen LogP contribution is -2.44. The molecular formula is C23H30FN3O5S. The lowest BCUT2D eigenvalue weighted by molar-refractivity contribution is 0.0281. The predicted molar refractivity (Wildman–Crippen MR) is 124 cm³/mol. The molecule has 0 aliphatic carbocycles. The summed E-state index contributed by atoms with van der Waals surface area (Å²) in [6.07, 6.45) is -0.190. The maximum absolute atomic E-state index is 14.0. The van der Waals surface area contributed by atoms with E-state index < -0.39 is 20.7 Å². The van der Waals surface area contributed by atoms with Gasteiger partial charge in [-0.15, -0.1) is 0 Å². The van der Waals surface area contributed by atoms with Crippen LogP contribution in [0.15, 0.2) is 47.4 Å². The van der Waals surface area contributed by atoms with Crippen LogP contribution in [0.4, 0.5) is 10.1 Å². The fourth-order valence-corrected chi connectivity index (χ4v) is 4.73. The standard InChI is InChI=1S/C23H30FN3O5S/c1-15-12-25-16(2)14-32-20-10-9-17(11-18(20)23(28)27(3)13-21(15)31-4)26-33(29,30)22-8-6-5-7-19(22)24/h5-11,15-16,21,25-26H,12-14H2,1-4H3/t15-,16-,21-/m0/s1. The first-order chi connectivity index (χ1) is 15.6. The Balaban J connectivity index is 1.95. The van der Waals surface area contributed by atoms with Gasteiger partial charge in [0.2, 0.25) is 0 Å². The zero-order valence-corrected chi connectivity index (χ0v) is 20.0. The maximum atomic E-state index is 14.0. The summed E-state index contributed by atoms with van der Waals surface area (Å²) >= 11 is 0. The van der Waals surface area contributed by atoms with Crippen molar-refractivity contribution >= 4 is 21.6 Å². The Morgan fingerprint density at radius 3 is 2.64 bits per heavy atom. The summed E-state index contributed by atoms with van der Waals surface area (Å²) in [5.74, 6) is -0.730. The minimum absolute atomic E-state index is 0.0179. The number of amides is 1. The van der Waals surface area contributed by atoms with Crippen molar-refractivity contribution in [3.05, 3.63) is 53.8 Å². The highest BCUT2D eigenvalue weighted by molar-refractivity contribution is 7.92. The molecule has 10 heteroatoms. The molecule has 3 rings (SSSR count). The minimum atomic E-state index is -4.19. The van der Waals surface area contributed by atoms with Gasteiger partial charge in [-0.1, -0.05) is 19.1 Å². The second-order valence-corrected chi connectivity index (χ2v) is 9.96. The highest BCUT2D eigenvalue weighted by Crippen LogP contribution is 2.27. The Kier molecular flexibility index (Phi) is 7.93. The van der Waals surface area contributed by atoms with Crippen LogP contribution in [0.25, 0.3) is 0 Å². The molecule has 2 aromatic carbocycles. The molecule has 2 aromatic rings. The highest BCUT2D eigenvalue weighted by atomic mass is 32.2. The van der Waals surface area contributed by atoms with E-state index in [1.807, 2.05) is 13.8 Å². The maximum Gasteiger partial charge on any atom is 0.264 e. The summed E-state index contributed by atoms with van der Waals surface area (Å²) in [5, 5.41) is 3.40. The van der Waals surface area contributed by atoms with Crippen molar-refractivity contribution in [2.24, 2.45) is 5.92 Å². The van der Waals surface area contributed by atoms with Crippen LogP contribution in [0.3, 0.4) is 0 Å². The number of fused-ring (bicyclic) bond motifs is 1. The SMILES string of the molecule is CO[C@H]1CN(C)C(=O)c2cc(NS(=O)(=O)c3ccccc3F)ccc2OC[C@H](C)NC[C@@H]1C. The number of anilines is 1. The molecule has 0 radical (unpaired) electrons. The van der Waals surface area contributed by atoms with Crippen molar-refractivity contribution < 1.29 is 27.1 Å². The van der Waals surface area contributed by atoms with Gasteiger partial charge in [-0.25, -0.2) is 12.8 Å². The molecule has 1 heterocycles. The molecule has 1 aliphatic heterocycles. The molecular weight excluding hydrogens is 449 g/mol. The Bertz CT molecular complexity index is 1100. The average Bonchev–Trinajstić information content (AvgIpc) is 2.78. The van der Waals surface area contributed by atoms with Gasteiger partial charge in [0.25, 0.3) is 15.9 Å². The average molecular weight is 480 g/mol. The molecule has 1 aliphatic rings. The number of carbonyl (C=O) groups is 1. The predicted octanol–water partition coefficient (Wildman–Crippen LogP) is 2.72. The number of hydrogen-bond acceptors (Lipinski definition) is 6. The van der Waals surface area contributed by atoms with Crippen molar-refractivity contribution in [1.29, 1.82) is 0 Å². The molecule has 0 saturated heterocycles. The highest BCUT2D eigenvalue weighted by Gasteiger charge is 2.26. The number of hydrogen-bond donors (Lipinski definition) is 2. The zero-order valence-electron chi connectivity index (χ0n) is 19.2. The fourth-order valence-electron chi connectivity index (χ4n) is 3.60. The van der Waals surface area contributed by atoms with E-state index in [-0.39, 0.29) is 35.2 Å². The number of halogens is 1. The molecule has 0 spiro atoms. The first kappa shape index (κ1) is 24.9. The Labute approximate surface area is 194 Å². The summed E-state index contributed by atoms with van der Waals surface area (Å²) in [7, 11) is -0.923. The third kappa shape index (κ3) is 6.01. The number of nitrogens with zero attached hydrogens (tertiary/aromatic N) is 1. The Morgan fingerprint density at radius 1 is 1.21 bits per heavy atom. The normalized spacial score (nSPS) is 22.5. The number of nitrogens with one attached hydrogen (secondary N) is 2. The number of benzene rings is 2. The van der Waals surface area contributed by atoms with Gasteiger partial charge in [-0.3, -0.25) is 9.52 Å². The molecule has 8 nitrogen and oxygen atoms in total. The molecule has 3 atom stereocenters. The number of carbonyl (C=O) groups excluding carboxylic acids is 1. The van der Waals surface area contributed by atoms with E-state index in [0.29, 0.717) is 25.4 Å². The summed E-state index contributed by atoms with van der Waals surface area (Å²) in [6.45, 7) is 5.38. The van der Waals surface area contributed by atoms with Crippen LogP contribution in [0, 0.1) is 11.7 Å². The summed E-state index contributed by atoms with van der Waals surface area (Å²) < 4.78 is 53.3. The van der Waals surface area contributed by atoms with Crippen LogP contribution >= 0.6 is 0 Å². The van der Waals surface area contributed by atoms with Crippen LogP contribution in [0.1, 0.15) is 24.2 Å². The Hall–Kier alpha value is -2.69. The molecule has 0 aromatic heterocycles. The molecule has 0 fully saturated rings. The summed E-state index contributed by atoms with van der Waals surface area (Å²) in [6, 6.07) is 9.53. The van der Waals surface area contributed by atoms with Gasteiger partial charge in [0.15, 0.2) is 0 Å². The number of likely N-dealkylation sites (N-methyl/N-ethyl adjacent to an activating group) is 1. The third-order valence-corrected chi connectivity index (χ3v) is 7.02. The van der Waals surface area contributed by atoms with Crippen LogP contribution in [-0.2, 0) is 14.8 Å². The van der Waals surface area contributed by atoms with Gasteiger partial charge in [-0.05, 0) is 43.2 Å².